The fraction of sp³-hybridized carbons (Fsp3) is 0.182. The highest BCUT2D eigenvalue weighted by Crippen LogP contribution is 2.24. The van der Waals surface area contributed by atoms with Crippen LogP contribution in [-0.2, 0) is 0 Å². The molecule has 0 saturated carbocycles. The number of nitrogens with zero attached hydrogens (tertiary/aromatic N) is 2. The molecule has 0 spiro atoms. The van der Waals surface area contributed by atoms with Gasteiger partial charge in [0, 0.05) is 12.1 Å². The summed E-state index contributed by atoms with van der Waals surface area (Å²) in [7, 11) is 1.53. The van der Waals surface area contributed by atoms with E-state index in [0.29, 0.717) is 21.4 Å². The van der Waals surface area contributed by atoms with Crippen molar-refractivity contribution in [3.8, 4) is 6.19 Å². The number of thioether (sulfide) groups is 1. The average molecular weight is 283 g/mol. The summed E-state index contributed by atoms with van der Waals surface area (Å²) in [6.07, 6.45) is 3.56. The Morgan fingerprint density at radius 3 is 2.83 bits per heavy atom. The van der Waals surface area contributed by atoms with Crippen LogP contribution in [0.2, 0.25) is 5.02 Å². The molecule has 94 valence electrons. The van der Waals surface area contributed by atoms with Crippen LogP contribution in [0.15, 0.2) is 23.2 Å². The lowest BCUT2D eigenvalue weighted by Crippen LogP contribution is -2.18. The van der Waals surface area contributed by atoms with E-state index in [1.807, 2.05) is 0 Å². The molecular weight excluding hydrogens is 272 g/mol. The van der Waals surface area contributed by atoms with Gasteiger partial charge >= 0.3 is 0 Å². The zero-order valence-electron chi connectivity index (χ0n) is 9.82. The van der Waals surface area contributed by atoms with Crippen LogP contribution in [0.25, 0.3) is 0 Å². The molecule has 18 heavy (non-hydrogen) atoms. The standard InChI is InChI=1S/C11H11ClN4OS/c1-14-10(17)8-5-7(12)3-4-9(8)16-11(18-2)15-6-13/h3-5H,1-2H3,(H,14,17)(H,15,16). The second-order valence-electron chi connectivity index (χ2n) is 3.10. The molecule has 7 heteroatoms. The number of rotatable bonds is 2. The number of nitriles is 1. The molecule has 1 aromatic carbocycles. The number of benzene rings is 1. The molecule has 0 fully saturated rings. The smallest absolute Gasteiger partial charge is 0.253 e. The van der Waals surface area contributed by atoms with Crippen molar-refractivity contribution in [2.45, 2.75) is 0 Å². The van der Waals surface area contributed by atoms with Crippen LogP contribution < -0.4 is 10.6 Å². The predicted octanol–water partition coefficient (Wildman–Crippen LogP) is 2.12. The number of halogens is 1. The van der Waals surface area contributed by atoms with Crippen LogP contribution in [0.4, 0.5) is 5.69 Å². The van der Waals surface area contributed by atoms with Gasteiger partial charge in [-0.25, -0.2) is 4.99 Å². The molecule has 0 radical (unpaired) electrons. The molecule has 5 nitrogen and oxygen atoms in total. The molecule has 0 bridgehead atoms. The van der Waals surface area contributed by atoms with Gasteiger partial charge in [-0.3, -0.25) is 10.1 Å². The van der Waals surface area contributed by atoms with E-state index >= 15 is 0 Å². The van der Waals surface area contributed by atoms with E-state index in [-0.39, 0.29) is 5.91 Å². The summed E-state index contributed by atoms with van der Waals surface area (Å²) >= 11 is 7.12. The van der Waals surface area contributed by atoms with Crippen LogP contribution in [0.1, 0.15) is 10.4 Å². The molecule has 0 heterocycles. The monoisotopic (exact) mass is 282 g/mol. The molecule has 0 atom stereocenters. The maximum atomic E-state index is 11.7. The summed E-state index contributed by atoms with van der Waals surface area (Å²) in [5.74, 6) is -0.284. The fourth-order valence-corrected chi connectivity index (χ4v) is 1.71. The fourth-order valence-electron chi connectivity index (χ4n) is 1.20. The number of aliphatic imine (C=N–C) groups is 1. The number of amidine groups is 1. The second-order valence-corrected chi connectivity index (χ2v) is 4.33. The number of hydrogen-bond donors (Lipinski definition) is 2. The van der Waals surface area contributed by atoms with Gasteiger partial charge < -0.3 is 5.32 Å². The van der Waals surface area contributed by atoms with E-state index in [1.165, 1.54) is 24.9 Å². The van der Waals surface area contributed by atoms with Crippen molar-refractivity contribution in [3.63, 3.8) is 0 Å². The van der Waals surface area contributed by atoms with Crippen molar-refractivity contribution >= 4 is 40.1 Å². The molecule has 1 rings (SSSR count). The number of nitrogens with one attached hydrogen (secondary N) is 2. The summed E-state index contributed by atoms with van der Waals surface area (Å²) in [6, 6.07) is 4.79. The van der Waals surface area contributed by atoms with Gasteiger partial charge in [-0.05, 0) is 24.5 Å². The normalized spacial score (nSPS) is 10.7. The van der Waals surface area contributed by atoms with E-state index in [1.54, 1.807) is 24.6 Å². The van der Waals surface area contributed by atoms with Gasteiger partial charge in [-0.2, -0.15) is 5.26 Å². The molecular formula is C11H11ClN4OS. The lowest BCUT2D eigenvalue weighted by atomic mass is 10.1. The Hall–Kier alpha value is -1.71. The SMILES string of the molecule is CNC(=O)c1cc(Cl)ccc1N=C(NC#N)SC. The van der Waals surface area contributed by atoms with Crippen LogP contribution >= 0.6 is 23.4 Å². The van der Waals surface area contributed by atoms with E-state index < -0.39 is 0 Å². The Balaban J connectivity index is 3.23. The van der Waals surface area contributed by atoms with E-state index in [2.05, 4.69) is 15.6 Å². The molecule has 0 aliphatic heterocycles. The van der Waals surface area contributed by atoms with Crippen LogP contribution in [0.5, 0.6) is 0 Å². The first kappa shape index (κ1) is 14.4. The van der Waals surface area contributed by atoms with E-state index in [0.717, 1.165) is 0 Å². The van der Waals surface area contributed by atoms with Crippen LogP contribution in [0.3, 0.4) is 0 Å². The summed E-state index contributed by atoms with van der Waals surface area (Å²) < 4.78 is 0. The van der Waals surface area contributed by atoms with Gasteiger partial charge in [-0.15, -0.1) is 0 Å². The first-order valence-electron chi connectivity index (χ1n) is 4.91. The molecule has 2 N–H and O–H groups in total. The quantitative estimate of drug-likeness (QED) is 0.377. The van der Waals surface area contributed by atoms with Crippen molar-refractivity contribution in [3.05, 3.63) is 28.8 Å². The van der Waals surface area contributed by atoms with Gasteiger partial charge in [-0.1, -0.05) is 23.4 Å². The van der Waals surface area contributed by atoms with Crippen LogP contribution in [-0.4, -0.2) is 24.4 Å². The maximum absolute atomic E-state index is 11.7. The minimum Gasteiger partial charge on any atom is -0.355 e. The first-order valence-corrected chi connectivity index (χ1v) is 6.52. The summed E-state index contributed by atoms with van der Waals surface area (Å²) in [5, 5.41) is 14.4. The summed E-state index contributed by atoms with van der Waals surface area (Å²) in [6.45, 7) is 0. The van der Waals surface area contributed by atoms with E-state index in [9.17, 15) is 4.79 Å². The summed E-state index contributed by atoms with van der Waals surface area (Å²) in [4.78, 5) is 15.9. The lowest BCUT2D eigenvalue weighted by molar-refractivity contribution is 0.0964. The highest BCUT2D eigenvalue weighted by molar-refractivity contribution is 8.13. The van der Waals surface area contributed by atoms with Crippen LogP contribution in [0, 0.1) is 11.5 Å². The van der Waals surface area contributed by atoms with Gasteiger partial charge in [0.25, 0.3) is 5.91 Å². The van der Waals surface area contributed by atoms with Gasteiger partial charge in [0.2, 0.25) is 0 Å². The maximum Gasteiger partial charge on any atom is 0.253 e. The minimum absolute atomic E-state index is 0.284. The Labute approximate surface area is 114 Å². The largest absolute Gasteiger partial charge is 0.355 e. The number of carbonyl (C=O) groups is 1. The average Bonchev–Trinajstić information content (AvgIpc) is 2.39. The van der Waals surface area contributed by atoms with Crippen molar-refractivity contribution in [2.24, 2.45) is 4.99 Å². The second kappa shape index (κ2) is 6.89. The third kappa shape index (κ3) is 3.65. The Kier molecular flexibility index (Phi) is 5.49. The highest BCUT2D eigenvalue weighted by Gasteiger charge is 2.11. The zero-order valence-corrected chi connectivity index (χ0v) is 11.4. The third-order valence-corrected chi connectivity index (χ3v) is 2.82. The molecule has 0 saturated heterocycles. The highest BCUT2D eigenvalue weighted by atomic mass is 35.5. The van der Waals surface area contributed by atoms with Crippen molar-refractivity contribution in [2.75, 3.05) is 13.3 Å². The van der Waals surface area contributed by atoms with Gasteiger partial charge in [0.1, 0.15) is 0 Å². The van der Waals surface area contributed by atoms with Gasteiger partial charge in [0.05, 0.1) is 11.3 Å². The Morgan fingerprint density at radius 1 is 1.56 bits per heavy atom. The van der Waals surface area contributed by atoms with Crippen molar-refractivity contribution in [1.82, 2.24) is 10.6 Å². The Morgan fingerprint density at radius 2 is 2.28 bits per heavy atom. The van der Waals surface area contributed by atoms with Crippen molar-refractivity contribution in [1.29, 1.82) is 5.26 Å². The molecule has 0 aromatic heterocycles. The third-order valence-electron chi connectivity index (χ3n) is 2.01. The number of carbonyl (C=O) groups excluding carboxylic acids is 1. The zero-order chi connectivity index (χ0) is 13.5. The summed E-state index contributed by atoms with van der Waals surface area (Å²) in [5.41, 5.74) is 0.808. The topological polar surface area (TPSA) is 77.3 Å². The predicted molar refractivity (Wildman–Crippen MR) is 74.2 cm³/mol. The molecule has 1 aromatic rings. The van der Waals surface area contributed by atoms with Gasteiger partial charge in [0.15, 0.2) is 11.4 Å². The van der Waals surface area contributed by atoms with Crippen molar-refractivity contribution < 1.29 is 4.79 Å². The molecule has 0 unspecified atom stereocenters. The number of amides is 1. The first-order chi connectivity index (χ1) is 8.62. The lowest BCUT2D eigenvalue weighted by Gasteiger charge is -2.06. The molecule has 0 aliphatic rings. The number of hydrogen-bond acceptors (Lipinski definition) is 4. The minimum atomic E-state index is -0.284. The van der Waals surface area contributed by atoms with E-state index in [4.69, 9.17) is 16.9 Å². The molecule has 0 aliphatic carbocycles. The molecule has 1 amide bonds. The Bertz CT molecular complexity index is 524.